The fraction of sp³-hybridized carbons (Fsp3) is 0.0556. The topological polar surface area (TPSA) is 85.2 Å². The number of hydrogen-bond donors (Lipinski definition) is 0. The molecule has 138 valence electrons. The lowest BCUT2D eigenvalue weighted by molar-refractivity contribution is 0.653. The Morgan fingerprint density at radius 2 is 1.71 bits per heavy atom. The molecule has 0 saturated heterocycles. The maximum atomic E-state index is 8.91. The van der Waals surface area contributed by atoms with Gasteiger partial charge in [0.25, 0.3) is 0 Å². The van der Waals surface area contributed by atoms with E-state index < -0.39 is 0 Å². The van der Waals surface area contributed by atoms with Crippen molar-refractivity contribution in [2.45, 2.75) is 6.54 Å². The number of aromatic nitrogens is 6. The van der Waals surface area contributed by atoms with Crippen LogP contribution in [0.15, 0.2) is 48.7 Å². The minimum Gasteiger partial charge on any atom is -0.221 e. The molecule has 0 aliphatic rings. The Kier molecular flexibility index (Phi) is 5.01. The monoisotopic (exact) mass is 429 g/mol. The molecule has 0 N–H and O–H groups in total. The second-order valence-corrected chi connectivity index (χ2v) is 6.97. The van der Waals surface area contributed by atoms with Crippen LogP contribution in [0.5, 0.6) is 0 Å². The molecule has 0 bridgehead atoms. The Morgan fingerprint density at radius 3 is 2.39 bits per heavy atom. The van der Waals surface area contributed by atoms with Gasteiger partial charge in [0, 0.05) is 0 Å². The van der Waals surface area contributed by atoms with Crippen LogP contribution in [-0.2, 0) is 6.54 Å². The van der Waals surface area contributed by atoms with E-state index in [2.05, 4.69) is 26.7 Å². The number of nitriles is 1. The van der Waals surface area contributed by atoms with Crippen LogP contribution >= 0.6 is 34.8 Å². The van der Waals surface area contributed by atoms with Crippen molar-refractivity contribution < 1.29 is 0 Å². The van der Waals surface area contributed by atoms with E-state index >= 15 is 0 Å². The van der Waals surface area contributed by atoms with Gasteiger partial charge in [-0.1, -0.05) is 53.0 Å². The standard InChI is InChI=1S/C18H10Cl3N7/c19-14-2-1-3-15(20)16(14)28-17(21)13(9-23-28)18-24-25-26-27(18)10-12-6-4-11(8-22)5-7-12/h1-7,9H,10H2. The molecule has 0 amide bonds. The van der Waals surface area contributed by atoms with Crippen LogP contribution in [0.3, 0.4) is 0 Å². The molecule has 0 aliphatic carbocycles. The summed E-state index contributed by atoms with van der Waals surface area (Å²) in [6.45, 7) is 0.405. The molecular weight excluding hydrogens is 421 g/mol. The number of para-hydroxylation sites is 1. The van der Waals surface area contributed by atoms with E-state index in [1.807, 2.05) is 12.1 Å². The highest BCUT2D eigenvalue weighted by molar-refractivity contribution is 6.38. The van der Waals surface area contributed by atoms with Crippen molar-refractivity contribution in [2.75, 3.05) is 0 Å². The summed E-state index contributed by atoms with van der Waals surface area (Å²) in [6.07, 6.45) is 1.56. The predicted molar refractivity (Wildman–Crippen MR) is 106 cm³/mol. The van der Waals surface area contributed by atoms with Crippen molar-refractivity contribution in [1.82, 2.24) is 30.0 Å². The summed E-state index contributed by atoms with van der Waals surface area (Å²) in [5.74, 6) is 0.448. The first-order valence-corrected chi connectivity index (χ1v) is 9.15. The Balaban J connectivity index is 1.71. The molecule has 0 unspecified atom stereocenters. The largest absolute Gasteiger partial charge is 0.221 e. The molecule has 4 rings (SSSR count). The number of rotatable bonds is 4. The second-order valence-electron chi connectivity index (χ2n) is 5.80. The van der Waals surface area contributed by atoms with Crippen LogP contribution in [0.25, 0.3) is 17.1 Å². The number of benzene rings is 2. The molecule has 0 spiro atoms. The Bertz CT molecular complexity index is 1170. The minimum absolute atomic E-state index is 0.283. The molecule has 0 radical (unpaired) electrons. The summed E-state index contributed by atoms with van der Waals surface area (Å²) < 4.78 is 3.05. The van der Waals surface area contributed by atoms with E-state index in [1.54, 1.807) is 41.2 Å². The summed E-state index contributed by atoms with van der Waals surface area (Å²) in [4.78, 5) is 0. The van der Waals surface area contributed by atoms with Crippen LogP contribution in [0.2, 0.25) is 15.2 Å². The number of nitrogens with zero attached hydrogens (tertiary/aromatic N) is 7. The lowest BCUT2D eigenvalue weighted by Gasteiger charge is -2.08. The van der Waals surface area contributed by atoms with Crippen LogP contribution in [0.4, 0.5) is 0 Å². The molecule has 0 atom stereocenters. The predicted octanol–water partition coefficient (Wildman–Crippen LogP) is 4.41. The van der Waals surface area contributed by atoms with Crippen molar-refractivity contribution in [3.05, 3.63) is 75.0 Å². The third-order valence-corrected chi connectivity index (χ3v) is 5.02. The molecule has 0 saturated carbocycles. The zero-order valence-corrected chi connectivity index (χ0v) is 16.4. The summed E-state index contributed by atoms with van der Waals surface area (Å²) >= 11 is 19.1. The van der Waals surface area contributed by atoms with Gasteiger partial charge in [-0.2, -0.15) is 10.4 Å². The average Bonchev–Trinajstić information content (AvgIpc) is 3.29. The van der Waals surface area contributed by atoms with E-state index in [-0.39, 0.29) is 5.15 Å². The molecule has 28 heavy (non-hydrogen) atoms. The molecule has 2 heterocycles. The zero-order chi connectivity index (χ0) is 19.7. The van der Waals surface area contributed by atoms with Gasteiger partial charge < -0.3 is 0 Å². The van der Waals surface area contributed by atoms with Crippen molar-refractivity contribution in [3.8, 4) is 23.1 Å². The van der Waals surface area contributed by atoms with Gasteiger partial charge in [0.1, 0.15) is 10.8 Å². The maximum Gasteiger partial charge on any atom is 0.187 e. The van der Waals surface area contributed by atoms with Crippen molar-refractivity contribution in [1.29, 1.82) is 5.26 Å². The zero-order valence-electron chi connectivity index (χ0n) is 14.1. The third kappa shape index (κ3) is 3.34. The van der Waals surface area contributed by atoms with E-state index in [9.17, 15) is 0 Å². The van der Waals surface area contributed by atoms with E-state index in [0.29, 0.717) is 39.2 Å². The van der Waals surface area contributed by atoms with Gasteiger partial charge in [0.05, 0.1) is 40.0 Å². The Labute approximate surface area is 174 Å². The first-order chi connectivity index (χ1) is 13.6. The Hall–Kier alpha value is -2.92. The second kappa shape index (κ2) is 7.60. The molecule has 0 aliphatic heterocycles. The smallest absolute Gasteiger partial charge is 0.187 e. The summed E-state index contributed by atoms with van der Waals surface area (Å²) in [7, 11) is 0. The lowest BCUT2D eigenvalue weighted by Crippen LogP contribution is -2.04. The van der Waals surface area contributed by atoms with Gasteiger partial charge in [-0.15, -0.1) is 5.10 Å². The van der Waals surface area contributed by atoms with Crippen molar-refractivity contribution in [3.63, 3.8) is 0 Å². The third-order valence-electron chi connectivity index (χ3n) is 4.05. The molecular formula is C18H10Cl3N7. The molecule has 10 heteroatoms. The number of tetrazole rings is 1. The first-order valence-electron chi connectivity index (χ1n) is 8.02. The summed E-state index contributed by atoms with van der Waals surface area (Å²) in [5.41, 5.74) is 2.54. The first kappa shape index (κ1) is 18.4. The van der Waals surface area contributed by atoms with Gasteiger partial charge in [-0.05, 0) is 40.3 Å². The maximum absolute atomic E-state index is 8.91. The van der Waals surface area contributed by atoms with Crippen LogP contribution < -0.4 is 0 Å². The van der Waals surface area contributed by atoms with E-state index in [4.69, 9.17) is 40.1 Å². The lowest BCUT2D eigenvalue weighted by atomic mass is 10.1. The number of hydrogen-bond acceptors (Lipinski definition) is 5. The summed E-state index contributed by atoms with van der Waals surface area (Å²) in [5, 5.41) is 26.2. The van der Waals surface area contributed by atoms with Crippen molar-refractivity contribution in [2.24, 2.45) is 0 Å². The Morgan fingerprint density at radius 1 is 1.00 bits per heavy atom. The van der Waals surface area contributed by atoms with Crippen molar-refractivity contribution >= 4 is 34.8 Å². The highest BCUT2D eigenvalue weighted by Gasteiger charge is 2.20. The molecule has 4 aromatic rings. The quantitative estimate of drug-likeness (QED) is 0.479. The highest BCUT2D eigenvalue weighted by Crippen LogP contribution is 2.34. The molecule has 0 fully saturated rings. The van der Waals surface area contributed by atoms with Crippen LogP contribution in [0, 0.1) is 11.3 Å². The fourth-order valence-electron chi connectivity index (χ4n) is 2.69. The van der Waals surface area contributed by atoms with Gasteiger partial charge in [-0.25, -0.2) is 9.36 Å². The van der Waals surface area contributed by atoms with E-state index in [0.717, 1.165) is 5.56 Å². The minimum atomic E-state index is 0.283. The number of halogens is 3. The molecule has 7 nitrogen and oxygen atoms in total. The molecule has 2 aromatic carbocycles. The van der Waals surface area contributed by atoms with Gasteiger partial charge >= 0.3 is 0 Å². The van der Waals surface area contributed by atoms with Gasteiger partial charge in [0.15, 0.2) is 5.82 Å². The normalized spacial score (nSPS) is 10.8. The van der Waals surface area contributed by atoms with E-state index in [1.165, 1.54) is 4.68 Å². The molecule has 2 aromatic heterocycles. The average molecular weight is 431 g/mol. The van der Waals surface area contributed by atoms with Gasteiger partial charge in [-0.3, -0.25) is 0 Å². The van der Waals surface area contributed by atoms with Gasteiger partial charge in [0.2, 0.25) is 0 Å². The fourth-order valence-corrected chi connectivity index (χ4v) is 3.51. The summed E-state index contributed by atoms with van der Waals surface area (Å²) in [6, 6.07) is 14.4. The van der Waals surface area contributed by atoms with Crippen LogP contribution in [-0.4, -0.2) is 30.0 Å². The SMILES string of the molecule is N#Cc1ccc(Cn2nnnc2-c2cnn(-c3c(Cl)cccc3Cl)c2Cl)cc1. The van der Waals surface area contributed by atoms with Crippen LogP contribution in [0.1, 0.15) is 11.1 Å². The highest BCUT2D eigenvalue weighted by atomic mass is 35.5.